The highest BCUT2D eigenvalue weighted by atomic mass is 16.5. The summed E-state index contributed by atoms with van der Waals surface area (Å²) in [5, 5.41) is 13.3. The number of hydrogen-bond donors (Lipinski definition) is 2. The molecule has 1 heterocycles. The van der Waals surface area contributed by atoms with Gasteiger partial charge >= 0.3 is 0 Å². The van der Waals surface area contributed by atoms with Crippen molar-refractivity contribution in [2.24, 2.45) is 5.92 Å². The lowest BCUT2D eigenvalue weighted by Gasteiger charge is -2.37. The molecule has 0 spiro atoms. The standard InChI is InChI=1S/C24H21NO2/c26-17-11-9-16(10-12-17)24-21-8-4-7-20(21)22-15-19(13-14-23(22)25-24)27-18-5-2-1-3-6-18/h1-7,9-15,20-21,24-26H,8H2. The van der Waals surface area contributed by atoms with E-state index in [9.17, 15) is 5.11 Å². The Morgan fingerprint density at radius 2 is 1.70 bits per heavy atom. The molecule has 0 saturated carbocycles. The molecule has 0 aromatic heterocycles. The number of nitrogens with one attached hydrogen (secondary N) is 1. The van der Waals surface area contributed by atoms with Crippen molar-refractivity contribution in [3.63, 3.8) is 0 Å². The van der Waals surface area contributed by atoms with E-state index in [1.54, 1.807) is 12.1 Å². The first kappa shape index (κ1) is 16.0. The molecule has 2 N–H and O–H groups in total. The van der Waals surface area contributed by atoms with E-state index >= 15 is 0 Å². The molecule has 3 aromatic rings. The number of fused-ring (bicyclic) bond motifs is 3. The smallest absolute Gasteiger partial charge is 0.127 e. The Labute approximate surface area is 158 Å². The number of anilines is 1. The highest BCUT2D eigenvalue weighted by Gasteiger charge is 2.38. The first-order valence-corrected chi connectivity index (χ1v) is 9.37. The summed E-state index contributed by atoms with van der Waals surface area (Å²) in [6, 6.07) is 24.0. The molecule has 0 radical (unpaired) electrons. The summed E-state index contributed by atoms with van der Waals surface area (Å²) < 4.78 is 6.04. The Kier molecular flexibility index (Phi) is 3.86. The van der Waals surface area contributed by atoms with Crippen LogP contribution in [0.2, 0.25) is 0 Å². The fourth-order valence-corrected chi connectivity index (χ4v) is 4.27. The average Bonchev–Trinajstić information content (AvgIpc) is 3.19. The zero-order valence-electron chi connectivity index (χ0n) is 14.9. The van der Waals surface area contributed by atoms with Crippen LogP contribution in [0, 0.1) is 5.92 Å². The number of aromatic hydroxyl groups is 1. The van der Waals surface area contributed by atoms with E-state index in [1.165, 1.54) is 11.1 Å². The Balaban J connectivity index is 1.48. The minimum Gasteiger partial charge on any atom is -0.508 e. The molecule has 3 unspecified atom stereocenters. The summed E-state index contributed by atoms with van der Waals surface area (Å²) in [6.45, 7) is 0. The molecule has 0 amide bonds. The molecule has 0 saturated heterocycles. The highest BCUT2D eigenvalue weighted by molar-refractivity contribution is 5.62. The normalized spacial score (nSPS) is 22.6. The topological polar surface area (TPSA) is 41.5 Å². The second-order valence-electron chi connectivity index (χ2n) is 7.23. The lowest BCUT2D eigenvalue weighted by Crippen LogP contribution is -2.29. The quantitative estimate of drug-likeness (QED) is 0.565. The van der Waals surface area contributed by atoms with Crippen LogP contribution in [0.5, 0.6) is 17.2 Å². The van der Waals surface area contributed by atoms with Crippen molar-refractivity contribution in [3.8, 4) is 17.2 Å². The van der Waals surface area contributed by atoms with Gasteiger partial charge in [0.15, 0.2) is 0 Å². The van der Waals surface area contributed by atoms with Crippen LogP contribution < -0.4 is 10.1 Å². The van der Waals surface area contributed by atoms with Crippen LogP contribution in [0.4, 0.5) is 5.69 Å². The second-order valence-corrected chi connectivity index (χ2v) is 7.23. The molecule has 2 aliphatic rings. The van der Waals surface area contributed by atoms with Gasteiger partial charge in [-0.3, -0.25) is 0 Å². The predicted molar refractivity (Wildman–Crippen MR) is 107 cm³/mol. The van der Waals surface area contributed by atoms with Crippen LogP contribution in [0.25, 0.3) is 0 Å². The van der Waals surface area contributed by atoms with Gasteiger partial charge in [0.25, 0.3) is 0 Å². The van der Waals surface area contributed by atoms with Gasteiger partial charge in [-0.2, -0.15) is 0 Å². The van der Waals surface area contributed by atoms with Crippen molar-refractivity contribution < 1.29 is 9.84 Å². The van der Waals surface area contributed by atoms with Crippen molar-refractivity contribution in [2.75, 3.05) is 5.32 Å². The SMILES string of the molecule is Oc1ccc(C2Nc3ccc(Oc4ccccc4)cc3C3C=CCC32)cc1. The Morgan fingerprint density at radius 1 is 0.889 bits per heavy atom. The molecular formula is C24H21NO2. The maximum atomic E-state index is 9.61. The Bertz CT molecular complexity index is 979. The van der Waals surface area contributed by atoms with Crippen molar-refractivity contribution in [2.45, 2.75) is 18.4 Å². The van der Waals surface area contributed by atoms with Gasteiger partial charge < -0.3 is 15.2 Å². The van der Waals surface area contributed by atoms with Gasteiger partial charge in [-0.25, -0.2) is 0 Å². The summed E-state index contributed by atoms with van der Waals surface area (Å²) in [5.74, 6) is 2.86. The van der Waals surface area contributed by atoms with Crippen LogP contribution >= 0.6 is 0 Å². The summed E-state index contributed by atoms with van der Waals surface area (Å²) in [6.07, 6.45) is 5.65. The average molecular weight is 355 g/mol. The van der Waals surface area contributed by atoms with Gasteiger partial charge in [-0.05, 0) is 65.9 Å². The Morgan fingerprint density at radius 3 is 2.52 bits per heavy atom. The Hall–Kier alpha value is -3.20. The third-order valence-corrected chi connectivity index (χ3v) is 5.57. The lowest BCUT2D eigenvalue weighted by atomic mass is 9.77. The summed E-state index contributed by atoms with van der Waals surface area (Å²) in [5.41, 5.74) is 3.65. The van der Waals surface area contributed by atoms with Crippen LogP contribution in [0.1, 0.15) is 29.5 Å². The highest BCUT2D eigenvalue weighted by Crippen LogP contribution is 2.50. The number of rotatable bonds is 3. The summed E-state index contributed by atoms with van der Waals surface area (Å²) in [4.78, 5) is 0. The molecule has 0 bridgehead atoms. The minimum atomic E-state index is 0.235. The van der Waals surface area contributed by atoms with Gasteiger partial charge in [0.2, 0.25) is 0 Å². The molecule has 27 heavy (non-hydrogen) atoms. The van der Waals surface area contributed by atoms with Gasteiger partial charge in [0.1, 0.15) is 17.2 Å². The molecule has 3 heteroatoms. The van der Waals surface area contributed by atoms with Gasteiger partial charge in [0, 0.05) is 11.6 Å². The monoisotopic (exact) mass is 355 g/mol. The first-order chi connectivity index (χ1) is 13.3. The van der Waals surface area contributed by atoms with E-state index in [1.807, 2.05) is 48.5 Å². The number of phenolic OH excluding ortho intramolecular Hbond substituents is 1. The maximum Gasteiger partial charge on any atom is 0.127 e. The molecular weight excluding hydrogens is 334 g/mol. The molecule has 134 valence electrons. The van der Waals surface area contributed by atoms with Crippen LogP contribution in [-0.2, 0) is 0 Å². The van der Waals surface area contributed by atoms with Gasteiger partial charge in [0.05, 0.1) is 6.04 Å². The third-order valence-electron chi connectivity index (χ3n) is 5.57. The number of phenols is 1. The minimum absolute atomic E-state index is 0.235. The van der Waals surface area contributed by atoms with E-state index in [4.69, 9.17) is 4.74 Å². The number of allylic oxidation sites excluding steroid dienone is 2. The number of ether oxygens (including phenoxy) is 1. The molecule has 3 atom stereocenters. The van der Waals surface area contributed by atoms with Crippen molar-refractivity contribution >= 4 is 5.69 Å². The van der Waals surface area contributed by atoms with E-state index < -0.39 is 0 Å². The van der Waals surface area contributed by atoms with E-state index in [-0.39, 0.29) is 6.04 Å². The zero-order chi connectivity index (χ0) is 18.2. The fraction of sp³-hybridized carbons (Fsp3) is 0.167. The summed E-state index contributed by atoms with van der Waals surface area (Å²) in [7, 11) is 0. The second kappa shape index (κ2) is 6.51. The van der Waals surface area contributed by atoms with E-state index in [0.717, 1.165) is 23.6 Å². The van der Waals surface area contributed by atoms with Crippen molar-refractivity contribution in [1.82, 2.24) is 0 Å². The predicted octanol–water partition coefficient (Wildman–Crippen LogP) is 6.01. The fourth-order valence-electron chi connectivity index (χ4n) is 4.27. The van der Waals surface area contributed by atoms with Crippen LogP contribution in [0.15, 0.2) is 84.9 Å². The molecule has 5 rings (SSSR count). The molecule has 1 aliphatic carbocycles. The van der Waals surface area contributed by atoms with E-state index in [0.29, 0.717) is 17.6 Å². The van der Waals surface area contributed by atoms with Crippen molar-refractivity contribution in [3.05, 3.63) is 96.1 Å². The van der Waals surface area contributed by atoms with Gasteiger partial charge in [-0.15, -0.1) is 0 Å². The van der Waals surface area contributed by atoms with E-state index in [2.05, 4.69) is 29.6 Å². The molecule has 1 aliphatic heterocycles. The number of hydrogen-bond acceptors (Lipinski definition) is 3. The third kappa shape index (κ3) is 2.95. The largest absolute Gasteiger partial charge is 0.508 e. The molecule has 3 nitrogen and oxygen atoms in total. The molecule has 0 fully saturated rings. The zero-order valence-corrected chi connectivity index (χ0v) is 14.9. The van der Waals surface area contributed by atoms with Crippen LogP contribution in [-0.4, -0.2) is 5.11 Å². The number of para-hydroxylation sites is 1. The molecule has 3 aromatic carbocycles. The lowest BCUT2D eigenvalue weighted by molar-refractivity contribution is 0.421. The van der Waals surface area contributed by atoms with Gasteiger partial charge in [-0.1, -0.05) is 42.5 Å². The van der Waals surface area contributed by atoms with Crippen molar-refractivity contribution in [1.29, 1.82) is 0 Å². The first-order valence-electron chi connectivity index (χ1n) is 9.37. The maximum absolute atomic E-state index is 9.61. The number of benzene rings is 3. The van der Waals surface area contributed by atoms with Crippen LogP contribution in [0.3, 0.4) is 0 Å². The summed E-state index contributed by atoms with van der Waals surface area (Å²) >= 11 is 0.